The number of anilines is 1. The minimum absolute atomic E-state index is 0.103. The summed E-state index contributed by atoms with van der Waals surface area (Å²) in [6, 6.07) is 5.80. The summed E-state index contributed by atoms with van der Waals surface area (Å²) >= 11 is 0. The molecule has 0 aliphatic carbocycles. The number of halogens is 3. The summed E-state index contributed by atoms with van der Waals surface area (Å²) in [6.07, 6.45) is 1.74. The summed E-state index contributed by atoms with van der Waals surface area (Å²) in [5.74, 6) is 1.31. The first kappa shape index (κ1) is 27.8. The van der Waals surface area contributed by atoms with Gasteiger partial charge in [-0.3, -0.25) is 4.79 Å². The molecular formula is C29H37F3N4O3. The maximum atomic E-state index is 13.6. The van der Waals surface area contributed by atoms with Crippen molar-refractivity contribution in [3.63, 3.8) is 0 Å². The number of carbonyl (C=O) groups excluding carboxylic acids is 1. The number of aromatic nitrogens is 2. The van der Waals surface area contributed by atoms with Gasteiger partial charge in [0.2, 0.25) is 0 Å². The predicted molar refractivity (Wildman–Crippen MR) is 141 cm³/mol. The average Bonchev–Trinajstić information content (AvgIpc) is 3.43. The van der Waals surface area contributed by atoms with Crippen molar-refractivity contribution < 1.29 is 27.4 Å². The van der Waals surface area contributed by atoms with E-state index in [4.69, 9.17) is 9.47 Å². The lowest BCUT2D eigenvalue weighted by Crippen LogP contribution is -2.41. The van der Waals surface area contributed by atoms with Crippen LogP contribution in [0.3, 0.4) is 0 Å². The molecule has 0 bridgehead atoms. The van der Waals surface area contributed by atoms with Gasteiger partial charge in [-0.15, -0.1) is 0 Å². The summed E-state index contributed by atoms with van der Waals surface area (Å²) in [7, 11) is 1.75. The van der Waals surface area contributed by atoms with Gasteiger partial charge in [0.05, 0.1) is 18.3 Å². The van der Waals surface area contributed by atoms with Gasteiger partial charge in [0, 0.05) is 51.4 Å². The molecule has 0 spiro atoms. The van der Waals surface area contributed by atoms with Gasteiger partial charge in [-0.2, -0.15) is 13.2 Å². The fraction of sp³-hybridized carbons (Fsp3) is 0.621. The number of methoxy groups -OCH3 is 1. The van der Waals surface area contributed by atoms with Crippen molar-refractivity contribution in [2.45, 2.75) is 57.2 Å². The van der Waals surface area contributed by atoms with E-state index in [1.54, 1.807) is 19.2 Å². The zero-order valence-corrected chi connectivity index (χ0v) is 22.6. The summed E-state index contributed by atoms with van der Waals surface area (Å²) in [5, 5.41) is 0. The fourth-order valence-corrected chi connectivity index (χ4v) is 6.53. The van der Waals surface area contributed by atoms with Crippen LogP contribution in [0.25, 0.3) is 0 Å². The Morgan fingerprint density at radius 2 is 1.87 bits per heavy atom. The predicted octanol–water partition coefficient (Wildman–Crippen LogP) is 5.09. The lowest BCUT2D eigenvalue weighted by Gasteiger charge is -2.37. The van der Waals surface area contributed by atoms with Crippen LogP contribution >= 0.6 is 0 Å². The summed E-state index contributed by atoms with van der Waals surface area (Å²) in [6.45, 7) is 5.62. The Morgan fingerprint density at radius 3 is 2.62 bits per heavy atom. The second-order valence-corrected chi connectivity index (χ2v) is 11.1. The van der Waals surface area contributed by atoms with Crippen LogP contribution in [0.5, 0.6) is 0 Å². The van der Waals surface area contributed by atoms with Crippen LogP contribution in [-0.2, 0) is 15.7 Å². The summed E-state index contributed by atoms with van der Waals surface area (Å²) < 4.78 is 52.0. The molecule has 3 saturated heterocycles. The molecule has 3 aliphatic rings. The number of amides is 1. The monoisotopic (exact) mass is 546 g/mol. The van der Waals surface area contributed by atoms with Gasteiger partial charge in [-0.1, -0.05) is 18.2 Å². The van der Waals surface area contributed by atoms with Gasteiger partial charge in [0.15, 0.2) is 0 Å². The van der Waals surface area contributed by atoms with Crippen LogP contribution in [0.2, 0.25) is 0 Å². The molecule has 2 aromatic rings. The number of piperidine rings is 1. The third-order valence-electron chi connectivity index (χ3n) is 8.74. The number of hydrogen-bond donors (Lipinski definition) is 0. The number of carbonyl (C=O) groups is 1. The molecule has 1 aromatic carbocycles. The highest BCUT2D eigenvalue weighted by atomic mass is 19.4. The number of alkyl halides is 3. The lowest BCUT2D eigenvalue weighted by molar-refractivity contribution is -0.138. The van der Waals surface area contributed by atoms with E-state index in [0.29, 0.717) is 73.7 Å². The smallest absolute Gasteiger partial charge is 0.379 e. The second kappa shape index (κ2) is 11.8. The maximum absolute atomic E-state index is 13.6. The van der Waals surface area contributed by atoms with Crippen LogP contribution in [0, 0.1) is 18.8 Å². The molecule has 39 heavy (non-hydrogen) atoms. The fourth-order valence-electron chi connectivity index (χ4n) is 6.53. The Bertz CT molecular complexity index is 1150. The molecule has 3 unspecified atom stereocenters. The van der Waals surface area contributed by atoms with Crippen molar-refractivity contribution >= 4 is 11.7 Å². The highest BCUT2D eigenvalue weighted by molar-refractivity contribution is 5.94. The van der Waals surface area contributed by atoms with Crippen molar-refractivity contribution in [2.24, 2.45) is 11.8 Å². The third-order valence-corrected chi connectivity index (χ3v) is 8.74. The topological polar surface area (TPSA) is 67.8 Å². The summed E-state index contributed by atoms with van der Waals surface area (Å²) in [5.41, 5.74) is 0.794. The molecule has 1 amide bonds. The number of benzene rings is 1. The molecule has 3 atom stereocenters. The SMILES string of the molecule is COC1COCCC1CC1CCN(C(=O)c2ncnc(N3CCC(c4ccccc4C(F)(F)F)C3)c2C)CC1. The number of hydrogen-bond acceptors (Lipinski definition) is 6. The van der Waals surface area contributed by atoms with Crippen molar-refractivity contribution in [1.29, 1.82) is 0 Å². The van der Waals surface area contributed by atoms with Crippen molar-refractivity contribution in [3.8, 4) is 0 Å². The molecule has 4 heterocycles. The molecule has 10 heteroatoms. The van der Waals surface area contributed by atoms with Gasteiger partial charge in [0.1, 0.15) is 17.8 Å². The Kier molecular flexibility index (Phi) is 8.42. The van der Waals surface area contributed by atoms with E-state index in [1.807, 2.05) is 16.7 Å². The number of likely N-dealkylation sites (tertiary alicyclic amines) is 1. The molecule has 3 fully saturated rings. The highest BCUT2D eigenvalue weighted by Crippen LogP contribution is 2.39. The molecule has 5 rings (SSSR count). The van der Waals surface area contributed by atoms with Crippen LogP contribution in [0.4, 0.5) is 19.0 Å². The Hall–Kier alpha value is -2.72. The van der Waals surface area contributed by atoms with Crippen molar-refractivity contribution in [3.05, 3.63) is 53.0 Å². The minimum Gasteiger partial charge on any atom is -0.379 e. The number of rotatable bonds is 6. The number of ether oxygens (including phenoxy) is 2. The van der Waals surface area contributed by atoms with Gasteiger partial charge in [-0.05, 0) is 62.5 Å². The maximum Gasteiger partial charge on any atom is 0.416 e. The van der Waals surface area contributed by atoms with Crippen molar-refractivity contribution in [2.75, 3.05) is 51.4 Å². The van der Waals surface area contributed by atoms with E-state index >= 15 is 0 Å². The molecular weight excluding hydrogens is 509 g/mol. The van der Waals surface area contributed by atoms with Gasteiger partial charge in [-0.25, -0.2) is 9.97 Å². The molecule has 0 N–H and O–H groups in total. The first-order valence-corrected chi connectivity index (χ1v) is 13.9. The standard InChI is InChI=1S/C29H37F3N4O3/c1-19-26(28(37)35-11-7-20(8-12-35)15-21-10-14-39-17-25(21)38-2)33-18-34-27(19)36-13-9-22(16-36)23-5-3-4-6-24(23)29(30,31)32/h3-6,18,20-22,25H,7-17H2,1-2H3. The minimum atomic E-state index is -4.39. The molecule has 0 radical (unpaired) electrons. The summed E-state index contributed by atoms with van der Waals surface area (Å²) in [4.78, 5) is 26.1. The van der Waals surface area contributed by atoms with Gasteiger partial charge >= 0.3 is 6.18 Å². The van der Waals surface area contributed by atoms with Crippen LogP contribution in [-0.4, -0.2) is 73.4 Å². The van der Waals surface area contributed by atoms with E-state index in [2.05, 4.69) is 9.97 Å². The normalized spacial score (nSPS) is 24.8. The van der Waals surface area contributed by atoms with Crippen LogP contribution in [0.15, 0.2) is 30.6 Å². The second-order valence-electron chi connectivity index (χ2n) is 11.1. The van der Waals surface area contributed by atoms with Gasteiger partial charge in [0.25, 0.3) is 5.91 Å². The largest absolute Gasteiger partial charge is 0.416 e. The molecule has 3 aliphatic heterocycles. The Balaban J connectivity index is 1.22. The van der Waals surface area contributed by atoms with E-state index in [-0.39, 0.29) is 17.9 Å². The number of nitrogens with zero attached hydrogens (tertiary/aromatic N) is 4. The Labute approximate surface area is 227 Å². The molecule has 1 aromatic heterocycles. The first-order valence-electron chi connectivity index (χ1n) is 13.9. The van der Waals surface area contributed by atoms with Gasteiger partial charge < -0.3 is 19.3 Å². The molecule has 0 saturated carbocycles. The molecule has 212 valence electrons. The molecule has 7 nitrogen and oxygen atoms in total. The van der Waals surface area contributed by atoms with Crippen molar-refractivity contribution in [1.82, 2.24) is 14.9 Å². The van der Waals surface area contributed by atoms with E-state index in [1.165, 1.54) is 12.4 Å². The quantitative estimate of drug-likeness (QED) is 0.503. The van der Waals surface area contributed by atoms with Crippen LogP contribution in [0.1, 0.15) is 65.2 Å². The Morgan fingerprint density at radius 1 is 1.10 bits per heavy atom. The first-order chi connectivity index (χ1) is 18.8. The average molecular weight is 547 g/mol. The third kappa shape index (κ3) is 6.06. The highest BCUT2D eigenvalue weighted by Gasteiger charge is 2.37. The van der Waals surface area contributed by atoms with E-state index in [9.17, 15) is 18.0 Å². The lowest BCUT2D eigenvalue weighted by atomic mass is 9.82. The van der Waals surface area contributed by atoms with E-state index < -0.39 is 11.7 Å². The van der Waals surface area contributed by atoms with Crippen LogP contribution < -0.4 is 4.90 Å². The zero-order valence-electron chi connectivity index (χ0n) is 22.6. The van der Waals surface area contributed by atoms with E-state index in [0.717, 1.165) is 38.4 Å². The zero-order chi connectivity index (χ0) is 27.6.